The first-order valence-electron chi connectivity index (χ1n) is 11.3. The minimum atomic E-state index is -0.197. The van der Waals surface area contributed by atoms with Crippen molar-refractivity contribution in [3.05, 3.63) is 64.7 Å². The highest BCUT2D eigenvalue weighted by atomic mass is 35.5. The first-order chi connectivity index (χ1) is 16.0. The molecule has 0 radical (unpaired) electrons. The molecular weight excluding hydrogens is 456 g/mol. The second kappa shape index (κ2) is 12.5. The Kier molecular flexibility index (Phi) is 9.39. The number of hydrogen-bond acceptors (Lipinski definition) is 5. The highest BCUT2D eigenvalue weighted by molar-refractivity contribution is 7.18. The van der Waals surface area contributed by atoms with Crippen molar-refractivity contribution in [3.63, 3.8) is 0 Å². The zero-order chi connectivity index (χ0) is 23.6. The van der Waals surface area contributed by atoms with E-state index in [1.807, 2.05) is 43.3 Å². The van der Waals surface area contributed by atoms with Crippen molar-refractivity contribution in [1.29, 1.82) is 0 Å². The molecule has 0 saturated heterocycles. The topological polar surface area (TPSA) is 75.2 Å². The van der Waals surface area contributed by atoms with Crippen LogP contribution in [-0.2, 0) is 11.2 Å². The van der Waals surface area contributed by atoms with Gasteiger partial charge in [0.1, 0.15) is 5.01 Å². The minimum absolute atomic E-state index is 0.0485. The van der Waals surface area contributed by atoms with E-state index in [0.717, 1.165) is 31.2 Å². The lowest BCUT2D eigenvalue weighted by molar-refractivity contribution is -0.116. The van der Waals surface area contributed by atoms with Gasteiger partial charge in [0.15, 0.2) is 0 Å². The summed E-state index contributed by atoms with van der Waals surface area (Å²) >= 11 is 7.22. The Labute approximate surface area is 204 Å². The predicted molar refractivity (Wildman–Crippen MR) is 135 cm³/mol. The molecule has 0 aliphatic rings. The zero-order valence-corrected chi connectivity index (χ0v) is 20.6. The molecule has 6 nitrogen and oxygen atoms in total. The van der Waals surface area contributed by atoms with Crippen LogP contribution in [0.1, 0.15) is 55.5 Å². The van der Waals surface area contributed by atoms with E-state index < -0.39 is 0 Å². The molecular formula is C25H29ClN4O2S. The van der Waals surface area contributed by atoms with Crippen LogP contribution in [0.25, 0.3) is 10.6 Å². The van der Waals surface area contributed by atoms with E-state index in [-0.39, 0.29) is 18.2 Å². The Morgan fingerprint density at radius 1 is 0.970 bits per heavy atom. The van der Waals surface area contributed by atoms with Crippen LogP contribution in [0.5, 0.6) is 0 Å². The molecule has 8 heteroatoms. The average Bonchev–Trinajstić information content (AvgIpc) is 3.29. The van der Waals surface area contributed by atoms with Gasteiger partial charge in [0.2, 0.25) is 11.0 Å². The maximum absolute atomic E-state index is 13.0. The van der Waals surface area contributed by atoms with Crippen LogP contribution < -0.4 is 5.32 Å². The van der Waals surface area contributed by atoms with E-state index >= 15 is 0 Å². The Morgan fingerprint density at radius 2 is 1.70 bits per heavy atom. The molecule has 33 heavy (non-hydrogen) atoms. The number of nitrogens with one attached hydrogen (secondary N) is 1. The Morgan fingerprint density at radius 3 is 2.36 bits per heavy atom. The minimum Gasteiger partial charge on any atom is -0.338 e. The molecule has 0 atom stereocenters. The molecule has 3 rings (SSSR count). The standard InChI is InChI=1S/C25H29ClN4O2S/c1-3-5-6-18-7-9-20(10-8-18)24(32)30(16-4-2)17-15-22(31)27-25-29-28-23(33-25)19-11-13-21(26)14-12-19/h7-14H,3-6,15-17H2,1-2H3,(H,27,29,31). The van der Waals surface area contributed by atoms with E-state index in [4.69, 9.17) is 11.6 Å². The number of unbranched alkanes of at least 4 members (excludes halogenated alkanes) is 1. The van der Waals surface area contributed by atoms with Crippen LogP contribution in [0, 0.1) is 0 Å². The molecule has 2 aromatic carbocycles. The van der Waals surface area contributed by atoms with Crippen molar-refractivity contribution >= 4 is 39.9 Å². The van der Waals surface area contributed by atoms with Crippen LogP contribution in [0.15, 0.2) is 48.5 Å². The van der Waals surface area contributed by atoms with Gasteiger partial charge in [-0.3, -0.25) is 9.59 Å². The summed E-state index contributed by atoms with van der Waals surface area (Å²) in [5.74, 6) is -0.245. The van der Waals surface area contributed by atoms with Gasteiger partial charge in [0, 0.05) is 35.7 Å². The molecule has 0 spiro atoms. The first-order valence-corrected chi connectivity index (χ1v) is 12.5. The zero-order valence-electron chi connectivity index (χ0n) is 19.0. The number of nitrogens with zero attached hydrogens (tertiary/aromatic N) is 3. The molecule has 0 fully saturated rings. The normalized spacial score (nSPS) is 10.8. The largest absolute Gasteiger partial charge is 0.338 e. The van der Waals surface area contributed by atoms with Crippen molar-refractivity contribution in [2.45, 2.75) is 46.0 Å². The fraction of sp³-hybridized carbons (Fsp3) is 0.360. The third-order valence-corrected chi connectivity index (χ3v) is 6.31. The van der Waals surface area contributed by atoms with Crippen LogP contribution in [-0.4, -0.2) is 40.0 Å². The average molecular weight is 485 g/mol. The summed E-state index contributed by atoms with van der Waals surface area (Å²) in [4.78, 5) is 27.2. The molecule has 1 N–H and O–H groups in total. The molecule has 0 unspecified atom stereocenters. The number of aromatic nitrogens is 2. The smallest absolute Gasteiger partial charge is 0.253 e. The van der Waals surface area contributed by atoms with Gasteiger partial charge in [0.05, 0.1) is 0 Å². The number of halogens is 1. The van der Waals surface area contributed by atoms with Gasteiger partial charge in [-0.1, -0.05) is 67.5 Å². The lowest BCUT2D eigenvalue weighted by Crippen LogP contribution is -2.34. The van der Waals surface area contributed by atoms with Gasteiger partial charge in [-0.05, 0) is 49.1 Å². The first kappa shape index (κ1) is 24.9. The highest BCUT2D eigenvalue weighted by Crippen LogP contribution is 2.27. The third-order valence-electron chi connectivity index (χ3n) is 5.17. The van der Waals surface area contributed by atoms with Gasteiger partial charge in [0.25, 0.3) is 5.91 Å². The number of rotatable bonds is 11. The second-order valence-electron chi connectivity index (χ2n) is 7.81. The molecule has 0 aliphatic heterocycles. The monoisotopic (exact) mass is 484 g/mol. The summed E-state index contributed by atoms with van der Waals surface area (Å²) in [5.41, 5.74) is 2.78. The van der Waals surface area contributed by atoms with Gasteiger partial charge < -0.3 is 10.2 Å². The quantitative estimate of drug-likeness (QED) is 0.357. The van der Waals surface area contributed by atoms with Crippen molar-refractivity contribution < 1.29 is 9.59 Å². The van der Waals surface area contributed by atoms with Crippen molar-refractivity contribution in [2.75, 3.05) is 18.4 Å². The number of amides is 2. The Bertz CT molecular complexity index is 1050. The fourth-order valence-electron chi connectivity index (χ4n) is 3.36. The number of carbonyl (C=O) groups is 2. The van der Waals surface area contributed by atoms with Gasteiger partial charge in [-0.15, -0.1) is 10.2 Å². The lowest BCUT2D eigenvalue weighted by Gasteiger charge is -2.22. The molecule has 1 aromatic heterocycles. The van der Waals surface area contributed by atoms with E-state index in [0.29, 0.717) is 33.8 Å². The van der Waals surface area contributed by atoms with Crippen molar-refractivity contribution in [3.8, 4) is 10.6 Å². The van der Waals surface area contributed by atoms with Crippen LogP contribution >= 0.6 is 22.9 Å². The molecule has 3 aromatic rings. The molecule has 1 heterocycles. The number of hydrogen-bond donors (Lipinski definition) is 1. The van der Waals surface area contributed by atoms with Crippen LogP contribution in [0.4, 0.5) is 5.13 Å². The Balaban J connectivity index is 1.55. The second-order valence-corrected chi connectivity index (χ2v) is 9.22. The lowest BCUT2D eigenvalue weighted by atomic mass is 10.1. The molecule has 0 bridgehead atoms. The van der Waals surface area contributed by atoms with Crippen molar-refractivity contribution in [2.24, 2.45) is 0 Å². The fourth-order valence-corrected chi connectivity index (χ4v) is 4.25. The molecule has 2 amide bonds. The van der Waals surface area contributed by atoms with Gasteiger partial charge >= 0.3 is 0 Å². The number of carbonyl (C=O) groups excluding carboxylic acids is 2. The number of benzene rings is 2. The third kappa shape index (κ3) is 7.37. The summed E-state index contributed by atoms with van der Waals surface area (Å²) in [5, 5.41) is 12.8. The van der Waals surface area contributed by atoms with E-state index in [9.17, 15) is 9.59 Å². The summed E-state index contributed by atoms with van der Waals surface area (Å²) in [7, 11) is 0. The summed E-state index contributed by atoms with van der Waals surface area (Å²) < 4.78 is 0. The van der Waals surface area contributed by atoms with Crippen molar-refractivity contribution in [1.82, 2.24) is 15.1 Å². The Hall–Kier alpha value is -2.77. The number of anilines is 1. The molecule has 0 saturated carbocycles. The van der Waals surface area contributed by atoms with E-state index in [2.05, 4.69) is 22.4 Å². The summed E-state index contributed by atoms with van der Waals surface area (Å²) in [6.07, 6.45) is 4.32. The summed E-state index contributed by atoms with van der Waals surface area (Å²) in [6, 6.07) is 15.1. The summed E-state index contributed by atoms with van der Waals surface area (Å²) in [6.45, 7) is 5.14. The molecule has 174 valence electrons. The van der Waals surface area contributed by atoms with Gasteiger partial charge in [-0.25, -0.2) is 0 Å². The predicted octanol–water partition coefficient (Wildman–Crippen LogP) is 6.08. The van der Waals surface area contributed by atoms with E-state index in [1.165, 1.54) is 16.9 Å². The SMILES string of the molecule is CCCCc1ccc(C(=O)N(CCC)CCC(=O)Nc2nnc(-c3ccc(Cl)cc3)s2)cc1. The van der Waals surface area contributed by atoms with Crippen LogP contribution in [0.2, 0.25) is 5.02 Å². The maximum Gasteiger partial charge on any atom is 0.253 e. The van der Waals surface area contributed by atoms with Gasteiger partial charge in [-0.2, -0.15) is 0 Å². The van der Waals surface area contributed by atoms with E-state index in [1.54, 1.807) is 17.0 Å². The maximum atomic E-state index is 13.0. The number of aryl methyl sites for hydroxylation is 1. The highest BCUT2D eigenvalue weighted by Gasteiger charge is 2.17. The molecule has 0 aliphatic carbocycles. The van der Waals surface area contributed by atoms with Crippen LogP contribution in [0.3, 0.4) is 0 Å².